The van der Waals surface area contributed by atoms with Crippen molar-refractivity contribution in [2.45, 2.75) is 13.8 Å². The zero-order chi connectivity index (χ0) is 13.3. The molecule has 18 heavy (non-hydrogen) atoms. The third-order valence-electron chi connectivity index (χ3n) is 3.28. The number of carbonyl (C=O) groups is 1. The summed E-state index contributed by atoms with van der Waals surface area (Å²) < 4.78 is 1.87. The van der Waals surface area contributed by atoms with Gasteiger partial charge in [0.2, 0.25) is 0 Å². The SMILES string of the molecule is CCN(CC)C(=O)c1cc2cccc(Cl)c2n1C. The molecule has 0 unspecified atom stereocenters. The van der Waals surface area contributed by atoms with Crippen LogP contribution in [0.15, 0.2) is 24.3 Å². The lowest BCUT2D eigenvalue weighted by molar-refractivity contribution is 0.0764. The first-order chi connectivity index (χ1) is 8.60. The average molecular weight is 265 g/mol. The summed E-state index contributed by atoms with van der Waals surface area (Å²) in [5.74, 6) is 0.0507. The van der Waals surface area contributed by atoms with Crippen LogP contribution in [0.5, 0.6) is 0 Å². The Morgan fingerprint density at radius 2 is 2.00 bits per heavy atom. The number of halogens is 1. The molecule has 2 rings (SSSR count). The van der Waals surface area contributed by atoms with E-state index in [1.807, 2.05) is 54.6 Å². The summed E-state index contributed by atoms with van der Waals surface area (Å²) in [7, 11) is 1.88. The van der Waals surface area contributed by atoms with Crippen molar-refractivity contribution in [2.24, 2.45) is 7.05 Å². The van der Waals surface area contributed by atoms with Gasteiger partial charge in [0.1, 0.15) is 5.69 Å². The fraction of sp³-hybridized carbons (Fsp3) is 0.357. The Labute approximate surface area is 112 Å². The van der Waals surface area contributed by atoms with Crippen LogP contribution in [0.25, 0.3) is 10.9 Å². The maximum Gasteiger partial charge on any atom is 0.270 e. The van der Waals surface area contributed by atoms with E-state index in [0.717, 1.165) is 10.9 Å². The molecule has 0 radical (unpaired) electrons. The summed E-state index contributed by atoms with van der Waals surface area (Å²) in [5, 5.41) is 1.68. The molecular weight excluding hydrogens is 248 g/mol. The van der Waals surface area contributed by atoms with Gasteiger partial charge in [-0.3, -0.25) is 4.79 Å². The summed E-state index contributed by atoms with van der Waals surface area (Å²) in [6.07, 6.45) is 0. The molecule has 0 N–H and O–H groups in total. The molecule has 0 bridgehead atoms. The van der Waals surface area contributed by atoms with E-state index >= 15 is 0 Å². The Hall–Kier alpha value is -1.48. The maximum atomic E-state index is 12.4. The van der Waals surface area contributed by atoms with Gasteiger partial charge in [-0.2, -0.15) is 0 Å². The Kier molecular flexibility index (Phi) is 3.62. The van der Waals surface area contributed by atoms with Gasteiger partial charge in [-0.15, -0.1) is 0 Å². The molecule has 0 aliphatic carbocycles. The number of benzene rings is 1. The predicted molar refractivity (Wildman–Crippen MR) is 75.2 cm³/mol. The standard InChI is InChI=1S/C14H17ClN2O/c1-4-17(5-2)14(18)12-9-10-7-6-8-11(15)13(10)16(12)3/h6-9H,4-5H2,1-3H3. The molecule has 0 aliphatic heterocycles. The van der Waals surface area contributed by atoms with Crippen molar-refractivity contribution in [2.75, 3.05) is 13.1 Å². The van der Waals surface area contributed by atoms with Gasteiger partial charge < -0.3 is 9.47 Å². The van der Waals surface area contributed by atoms with Gasteiger partial charge in [0, 0.05) is 25.5 Å². The zero-order valence-corrected chi connectivity index (χ0v) is 11.7. The number of carbonyl (C=O) groups excluding carboxylic acids is 1. The molecule has 0 spiro atoms. The molecule has 0 saturated heterocycles. The molecule has 3 nitrogen and oxygen atoms in total. The molecule has 1 heterocycles. The fourth-order valence-electron chi connectivity index (χ4n) is 2.24. The highest BCUT2D eigenvalue weighted by molar-refractivity contribution is 6.35. The van der Waals surface area contributed by atoms with Crippen LogP contribution in [0.2, 0.25) is 5.02 Å². The van der Waals surface area contributed by atoms with Crippen molar-refractivity contribution in [1.82, 2.24) is 9.47 Å². The Morgan fingerprint density at radius 3 is 2.56 bits per heavy atom. The van der Waals surface area contributed by atoms with Gasteiger partial charge in [0.25, 0.3) is 5.91 Å². The Balaban J connectivity index is 2.56. The van der Waals surface area contributed by atoms with Crippen molar-refractivity contribution < 1.29 is 4.79 Å². The lowest BCUT2D eigenvalue weighted by atomic mass is 10.2. The monoisotopic (exact) mass is 264 g/mol. The molecule has 0 saturated carbocycles. The van der Waals surface area contributed by atoms with Crippen LogP contribution < -0.4 is 0 Å². The average Bonchev–Trinajstić information content (AvgIpc) is 2.69. The molecule has 1 aromatic carbocycles. The molecule has 1 amide bonds. The maximum absolute atomic E-state index is 12.4. The van der Waals surface area contributed by atoms with Crippen LogP contribution in [0.4, 0.5) is 0 Å². The topological polar surface area (TPSA) is 25.2 Å². The highest BCUT2D eigenvalue weighted by atomic mass is 35.5. The minimum Gasteiger partial charge on any atom is -0.338 e. The number of rotatable bonds is 3. The van der Waals surface area contributed by atoms with E-state index in [1.54, 1.807) is 0 Å². The van der Waals surface area contributed by atoms with E-state index in [9.17, 15) is 4.79 Å². The van der Waals surface area contributed by atoms with Crippen LogP contribution in [0, 0.1) is 0 Å². The van der Waals surface area contributed by atoms with Crippen LogP contribution >= 0.6 is 11.6 Å². The molecule has 1 aromatic heterocycles. The summed E-state index contributed by atoms with van der Waals surface area (Å²) >= 11 is 6.18. The zero-order valence-electron chi connectivity index (χ0n) is 10.9. The highest BCUT2D eigenvalue weighted by Crippen LogP contribution is 2.26. The van der Waals surface area contributed by atoms with Gasteiger partial charge in [0.05, 0.1) is 10.5 Å². The highest BCUT2D eigenvalue weighted by Gasteiger charge is 2.18. The van der Waals surface area contributed by atoms with Crippen LogP contribution in [0.3, 0.4) is 0 Å². The van der Waals surface area contributed by atoms with E-state index in [4.69, 9.17) is 11.6 Å². The summed E-state index contributed by atoms with van der Waals surface area (Å²) in [5.41, 5.74) is 1.59. The number of nitrogens with zero attached hydrogens (tertiary/aromatic N) is 2. The van der Waals surface area contributed by atoms with Gasteiger partial charge in [0.15, 0.2) is 0 Å². The molecule has 96 valence electrons. The van der Waals surface area contributed by atoms with E-state index in [2.05, 4.69) is 0 Å². The first kappa shape index (κ1) is 13.0. The normalized spacial score (nSPS) is 10.9. The first-order valence-electron chi connectivity index (χ1n) is 6.13. The third kappa shape index (κ3) is 1.99. The van der Waals surface area contributed by atoms with Gasteiger partial charge in [-0.1, -0.05) is 23.7 Å². The number of aromatic nitrogens is 1. The Morgan fingerprint density at radius 1 is 1.33 bits per heavy atom. The van der Waals surface area contributed by atoms with Crippen molar-refractivity contribution in [1.29, 1.82) is 0 Å². The second-order valence-corrected chi connectivity index (χ2v) is 4.65. The Bertz CT molecular complexity index is 585. The number of hydrogen-bond donors (Lipinski definition) is 0. The summed E-state index contributed by atoms with van der Waals surface area (Å²) in [6.45, 7) is 5.39. The van der Waals surface area contributed by atoms with Gasteiger partial charge in [-0.05, 0) is 26.0 Å². The first-order valence-corrected chi connectivity index (χ1v) is 6.51. The molecule has 2 aromatic rings. The smallest absolute Gasteiger partial charge is 0.270 e. The lowest BCUT2D eigenvalue weighted by Gasteiger charge is -2.18. The minimum absolute atomic E-state index is 0.0507. The quantitative estimate of drug-likeness (QED) is 0.835. The van der Waals surface area contributed by atoms with Gasteiger partial charge in [-0.25, -0.2) is 0 Å². The molecule has 0 atom stereocenters. The molecule has 0 fully saturated rings. The fourth-order valence-corrected chi connectivity index (χ4v) is 2.55. The van der Waals surface area contributed by atoms with E-state index in [0.29, 0.717) is 23.8 Å². The third-order valence-corrected chi connectivity index (χ3v) is 3.58. The number of hydrogen-bond acceptors (Lipinski definition) is 1. The number of para-hydroxylation sites is 1. The molecular formula is C14H17ClN2O. The van der Waals surface area contributed by atoms with Crippen molar-refractivity contribution >= 4 is 28.4 Å². The largest absolute Gasteiger partial charge is 0.338 e. The number of amides is 1. The number of aryl methyl sites for hydroxylation is 1. The van der Waals surface area contributed by atoms with Crippen molar-refractivity contribution in [3.63, 3.8) is 0 Å². The predicted octanol–water partition coefficient (Wildman–Crippen LogP) is 3.31. The second kappa shape index (κ2) is 5.02. The van der Waals surface area contributed by atoms with Crippen molar-refractivity contribution in [3.8, 4) is 0 Å². The lowest BCUT2D eigenvalue weighted by Crippen LogP contribution is -2.31. The molecule has 0 aliphatic rings. The summed E-state index contributed by atoms with van der Waals surface area (Å²) in [6, 6.07) is 7.62. The van der Waals surface area contributed by atoms with E-state index < -0.39 is 0 Å². The molecule has 4 heteroatoms. The van der Waals surface area contributed by atoms with Crippen molar-refractivity contribution in [3.05, 3.63) is 35.0 Å². The number of fused-ring (bicyclic) bond motifs is 1. The second-order valence-electron chi connectivity index (χ2n) is 4.24. The van der Waals surface area contributed by atoms with Crippen LogP contribution in [-0.4, -0.2) is 28.5 Å². The van der Waals surface area contributed by atoms with E-state index in [-0.39, 0.29) is 5.91 Å². The summed E-state index contributed by atoms with van der Waals surface area (Å²) in [4.78, 5) is 14.2. The van der Waals surface area contributed by atoms with Crippen LogP contribution in [0.1, 0.15) is 24.3 Å². The minimum atomic E-state index is 0.0507. The van der Waals surface area contributed by atoms with Crippen LogP contribution in [-0.2, 0) is 7.05 Å². The van der Waals surface area contributed by atoms with Gasteiger partial charge >= 0.3 is 0 Å². The van der Waals surface area contributed by atoms with E-state index in [1.165, 1.54) is 0 Å².